The SMILES string of the molecule is CC1CC(C)C(C)N(c2ccc(S(N)(=O)=O)c(N)c2)C1. The molecule has 1 saturated heterocycles. The van der Waals surface area contributed by atoms with Gasteiger partial charge in [-0.1, -0.05) is 13.8 Å². The highest BCUT2D eigenvalue weighted by atomic mass is 32.2. The molecule has 5 nitrogen and oxygen atoms in total. The van der Waals surface area contributed by atoms with Gasteiger partial charge in [0.2, 0.25) is 10.0 Å². The number of nitrogens with zero attached hydrogens (tertiary/aromatic N) is 1. The van der Waals surface area contributed by atoms with Gasteiger partial charge in [0.25, 0.3) is 0 Å². The topological polar surface area (TPSA) is 89.4 Å². The Kier molecular flexibility index (Phi) is 3.97. The molecule has 20 heavy (non-hydrogen) atoms. The van der Waals surface area contributed by atoms with E-state index in [9.17, 15) is 8.42 Å². The number of benzene rings is 1. The van der Waals surface area contributed by atoms with Crippen LogP contribution in [0.25, 0.3) is 0 Å². The predicted octanol–water partition coefficient (Wildman–Crippen LogP) is 1.79. The van der Waals surface area contributed by atoms with Crippen LogP contribution in [0.2, 0.25) is 0 Å². The van der Waals surface area contributed by atoms with E-state index in [0.717, 1.165) is 12.2 Å². The molecule has 0 aromatic heterocycles. The number of rotatable bonds is 2. The first-order valence-electron chi connectivity index (χ1n) is 6.89. The Bertz CT molecular complexity index is 600. The number of nitrogen functional groups attached to an aromatic ring is 1. The van der Waals surface area contributed by atoms with Crippen LogP contribution in [0.1, 0.15) is 27.2 Å². The van der Waals surface area contributed by atoms with Gasteiger partial charge in [-0.2, -0.15) is 0 Å². The van der Waals surface area contributed by atoms with Gasteiger partial charge in [-0.3, -0.25) is 0 Å². The van der Waals surface area contributed by atoms with E-state index < -0.39 is 10.0 Å². The van der Waals surface area contributed by atoms with Crippen LogP contribution >= 0.6 is 0 Å². The zero-order valence-corrected chi connectivity index (χ0v) is 13.0. The molecule has 1 fully saturated rings. The molecule has 4 N–H and O–H groups in total. The van der Waals surface area contributed by atoms with Crippen molar-refractivity contribution in [2.24, 2.45) is 17.0 Å². The van der Waals surface area contributed by atoms with E-state index in [1.165, 1.54) is 12.5 Å². The van der Waals surface area contributed by atoms with Crippen molar-refractivity contribution in [3.05, 3.63) is 18.2 Å². The number of sulfonamides is 1. The van der Waals surface area contributed by atoms with E-state index >= 15 is 0 Å². The molecule has 3 unspecified atom stereocenters. The maximum absolute atomic E-state index is 11.4. The fourth-order valence-electron chi connectivity index (χ4n) is 3.03. The lowest BCUT2D eigenvalue weighted by atomic mass is 9.85. The number of nitrogens with two attached hydrogens (primary N) is 2. The van der Waals surface area contributed by atoms with Crippen LogP contribution in [0.5, 0.6) is 0 Å². The summed E-state index contributed by atoms with van der Waals surface area (Å²) in [5, 5.41) is 5.14. The normalized spacial score (nSPS) is 27.6. The lowest BCUT2D eigenvalue weighted by Gasteiger charge is -2.42. The summed E-state index contributed by atoms with van der Waals surface area (Å²) in [6.07, 6.45) is 1.21. The third-order valence-corrected chi connectivity index (χ3v) is 5.21. The second kappa shape index (κ2) is 5.26. The zero-order chi connectivity index (χ0) is 15.1. The molecule has 0 radical (unpaired) electrons. The summed E-state index contributed by atoms with van der Waals surface area (Å²) in [4.78, 5) is 2.29. The molecule has 1 aromatic carbocycles. The maximum Gasteiger partial charge on any atom is 0.240 e. The minimum Gasteiger partial charge on any atom is -0.398 e. The molecule has 0 aliphatic carbocycles. The van der Waals surface area contributed by atoms with Crippen molar-refractivity contribution in [1.82, 2.24) is 0 Å². The Balaban J connectivity index is 2.36. The largest absolute Gasteiger partial charge is 0.398 e. The van der Waals surface area contributed by atoms with Crippen LogP contribution in [0.15, 0.2) is 23.1 Å². The molecule has 0 spiro atoms. The van der Waals surface area contributed by atoms with Crippen molar-refractivity contribution < 1.29 is 8.42 Å². The number of piperidine rings is 1. The van der Waals surface area contributed by atoms with Gasteiger partial charge in [0, 0.05) is 18.3 Å². The highest BCUT2D eigenvalue weighted by Gasteiger charge is 2.29. The van der Waals surface area contributed by atoms with Crippen LogP contribution in [-0.2, 0) is 10.0 Å². The summed E-state index contributed by atoms with van der Waals surface area (Å²) in [6, 6.07) is 5.40. The molecule has 0 saturated carbocycles. The smallest absolute Gasteiger partial charge is 0.240 e. The highest BCUT2D eigenvalue weighted by Crippen LogP contribution is 2.33. The van der Waals surface area contributed by atoms with Crippen molar-refractivity contribution in [2.75, 3.05) is 17.2 Å². The first kappa shape index (κ1) is 15.1. The molecule has 2 rings (SSSR count). The Morgan fingerprint density at radius 1 is 1.25 bits per heavy atom. The van der Waals surface area contributed by atoms with E-state index in [4.69, 9.17) is 10.9 Å². The van der Waals surface area contributed by atoms with Crippen LogP contribution in [0.3, 0.4) is 0 Å². The first-order valence-corrected chi connectivity index (χ1v) is 8.43. The fraction of sp³-hybridized carbons (Fsp3) is 0.571. The quantitative estimate of drug-likeness (QED) is 0.814. The van der Waals surface area contributed by atoms with Crippen molar-refractivity contribution in [2.45, 2.75) is 38.1 Å². The highest BCUT2D eigenvalue weighted by molar-refractivity contribution is 7.89. The van der Waals surface area contributed by atoms with Gasteiger partial charge < -0.3 is 10.6 Å². The average molecular weight is 297 g/mol. The lowest BCUT2D eigenvalue weighted by molar-refractivity contribution is 0.297. The second-order valence-corrected chi connectivity index (χ2v) is 7.51. The Morgan fingerprint density at radius 3 is 2.45 bits per heavy atom. The third kappa shape index (κ3) is 2.91. The standard InChI is InChI=1S/C14H23N3O2S/c1-9-6-10(2)11(3)17(8-9)12-4-5-14(13(15)7-12)20(16,18)19/h4-5,7,9-11H,6,8,15H2,1-3H3,(H2,16,18,19). The zero-order valence-electron chi connectivity index (χ0n) is 12.2. The molecule has 3 atom stereocenters. The monoisotopic (exact) mass is 297 g/mol. The van der Waals surface area contributed by atoms with Gasteiger partial charge in [0.05, 0.1) is 5.69 Å². The number of anilines is 2. The van der Waals surface area contributed by atoms with Crippen molar-refractivity contribution in [3.8, 4) is 0 Å². The molecule has 0 bridgehead atoms. The van der Waals surface area contributed by atoms with Gasteiger partial charge >= 0.3 is 0 Å². The molecule has 6 heteroatoms. The molecule has 1 aliphatic rings. The molecule has 0 amide bonds. The van der Waals surface area contributed by atoms with E-state index in [0.29, 0.717) is 17.9 Å². The Labute approximate surface area is 121 Å². The van der Waals surface area contributed by atoms with Gasteiger partial charge in [-0.15, -0.1) is 0 Å². The summed E-state index contributed by atoms with van der Waals surface area (Å²) < 4.78 is 22.8. The molecular formula is C14H23N3O2S. The summed E-state index contributed by atoms with van der Waals surface area (Å²) >= 11 is 0. The Hall–Kier alpha value is -1.27. The van der Waals surface area contributed by atoms with Crippen molar-refractivity contribution in [3.63, 3.8) is 0 Å². The van der Waals surface area contributed by atoms with E-state index in [-0.39, 0.29) is 10.6 Å². The van der Waals surface area contributed by atoms with Crippen LogP contribution in [-0.4, -0.2) is 21.0 Å². The minimum absolute atomic E-state index is 0.00740. The minimum atomic E-state index is -3.76. The number of hydrogen-bond donors (Lipinski definition) is 2. The van der Waals surface area contributed by atoms with Crippen molar-refractivity contribution in [1.29, 1.82) is 0 Å². The number of primary sulfonamides is 1. The average Bonchev–Trinajstić information content (AvgIpc) is 2.32. The summed E-state index contributed by atoms with van der Waals surface area (Å²) in [5.41, 5.74) is 7.01. The second-order valence-electron chi connectivity index (χ2n) is 5.98. The van der Waals surface area contributed by atoms with E-state index in [2.05, 4.69) is 25.7 Å². The molecule has 1 aliphatic heterocycles. The lowest BCUT2D eigenvalue weighted by Crippen LogP contribution is -2.45. The maximum atomic E-state index is 11.4. The van der Waals surface area contributed by atoms with Gasteiger partial charge in [-0.25, -0.2) is 13.6 Å². The first-order chi connectivity index (χ1) is 9.20. The van der Waals surface area contributed by atoms with E-state index in [1.54, 1.807) is 12.1 Å². The summed E-state index contributed by atoms with van der Waals surface area (Å²) in [7, 11) is -3.76. The Morgan fingerprint density at radius 2 is 1.90 bits per heavy atom. The fourth-order valence-corrected chi connectivity index (χ4v) is 3.67. The van der Waals surface area contributed by atoms with Crippen molar-refractivity contribution >= 4 is 21.4 Å². The predicted molar refractivity (Wildman–Crippen MR) is 82.0 cm³/mol. The summed E-state index contributed by atoms with van der Waals surface area (Å²) in [5.74, 6) is 1.21. The number of hydrogen-bond acceptors (Lipinski definition) is 4. The molecule has 1 aromatic rings. The van der Waals surface area contributed by atoms with Crippen LogP contribution < -0.4 is 15.8 Å². The van der Waals surface area contributed by atoms with Crippen LogP contribution in [0, 0.1) is 11.8 Å². The third-order valence-electron chi connectivity index (χ3n) is 4.23. The van der Waals surface area contributed by atoms with Gasteiger partial charge in [0.15, 0.2) is 0 Å². The van der Waals surface area contributed by atoms with Gasteiger partial charge in [-0.05, 0) is 43.4 Å². The van der Waals surface area contributed by atoms with Gasteiger partial charge in [0.1, 0.15) is 4.90 Å². The van der Waals surface area contributed by atoms with E-state index in [1.807, 2.05) is 0 Å². The van der Waals surface area contributed by atoms with Crippen LogP contribution in [0.4, 0.5) is 11.4 Å². The molecular weight excluding hydrogens is 274 g/mol. The summed E-state index contributed by atoms with van der Waals surface area (Å²) in [6.45, 7) is 7.63. The molecule has 112 valence electrons. The molecule has 1 heterocycles.